The molecule has 0 saturated heterocycles. The summed E-state index contributed by atoms with van der Waals surface area (Å²) in [4.78, 5) is 26.5. The van der Waals surface area contributed by atoms with E-state index >= 15 is 0 Å². The molecule has 4 rings (SSSR count). The second-order valence-corrected chi connectivity index (χ2v) is 8.54. The van der Waals surface area contributed by atoms with Crippen molar-refractivity contribution in [2.24, 2.45) is 0 Å². The third kappa shape index (κ3) is 2.64. The molecule has 0 aliphatic carbocycles. The first-order valence-corrected chi connectivity index (χ1v) is 10.2. The van der Waals surface area contributed by atoms with Crippen LogP contribution in [0.1, 0.15) is 37.9 Å². The lowest BCUT2D eigenvalue weighted by Gasteiger charge is -2.37. The molecule has 0 fully saturated rings. The number of benzene rings is 2. The molecule has 2 heterocycles. The molecule has 0 saturated carbocycles. The average Bonchev–Trinajstić information content (AvgIpc) is 2.86. The fourth-order valence-electron chi connectivity index (χ4n) is 3.79. The summed E-state index contributed by atoms with van der Waals surface area (Å²) in [6.07, 6.45) is 1.78. The fourth-order valence-corrected chi connectivity index (χ4v) is 4.86. The summed E-state index contributed by atoms with van der Waals surface area (Å²) < 4.78 is 26.0. The van der Waals surface area contributed by atoms with E-state index in [1.165, 1.54) is 4.31 Å². The van der Waals surface area contributed by atoms with Gasteiger partial charge in [-0.05, 0) is 29.7 Å². The van der Waals surface area contributed by atoms with Gasteiger partial charge in [-0.1, -0.05) is 36.4 Å². The van der Waals surface area contributed by atoms with Gasteiger partial charge in [0, 0.05) is 6.54 Å². The quantitative estimate of drug-likeness (QED) is 0.773. The first-order valence-electron chi connectivity index (χ1n) is 8.38. The van der Waals surface area contributed by atoms with Crippen molar-refractivity contribution < 1.29 is 18.0 Å². The van der Waals surface area contributed by atoms with Crippen LogP contribution in [0.5, 0.6) is 0 Å². The fraction of sp³-hybridized carbons (Fsp3) is 0.263. The molecule has 2 aromatic rings. The highest BCUT2D eigenvalue weighted by Crippen LogP contribution is 2.34. The molecule has 2 aromatic carbocycles. The minimum absolute atomic E-state index is 0.0103. The SMILES string of the molecule is CS(=O)(=O)N1CCc2ccccc2C1CN1C(=O)c2ccccc2C1=O. The van der Waals surface area contributed by atoms with Crippen LogP contribution >= 0.6 is 0 Å². The Bertz CT molecular complexity index is 981. The van der Waals surface area contributed by atoms with Gasteiger partial charge in [-0.15, -0.1) is 0 Å². The Morgan fingerprint density at radius 3 is 2.15 bits per heavy atom. The number of nitrogens with zero attached hydrogens (tertiary/aromatic N) is 2. The molecule has 7 heteroatoms. The summed E-state index contributed by atoms with van der Waals surface area (Å²) in [5.41, 5.74) is 2.63. The van der Waals surface area contributed by atoms with Gasteiger partial charge in [0.25, 0.3) is 11.8 Å². The summed E-state index contributed by atoms with van der Waals surface area (Å²) in [6, 6.07) is 13.7. The van der Waals surface area contributed by atoms with E-state index in [-0.39, 0.29) is 18.4 Å². The highest BCUT2D eigenvalue weighted by atomic mass is 32.2. The number of rotatable bonds is 3. The number of fused-ring (bicyclic) bond motifs is 2. The Kier molecular flexibility index (Phi) is 3.93. The zero-order valence-corrected chi connectivity index (χ0v) is 15.1. The minimum Gasteiger partial charge on any atom is -0.272 e. The molecule has 0 radical (unpaired) electrons. The Labute approximate surface area is 152 Å². The molecule has 1 atom stereocenters. The van der Waals surface area contributed by atoms with Gasteiger partial charge in [0.05, 0.1) is 30.0 Å². The van der Waals surface area contributed by atoms with Gasteiger partial charge >= 0.3 is 0 Å². The van der Waals surface area contributed by atoms with Crippen LogP contribution in [0.4, 0.5) is 0 Å². The molecule has 0 aromatic heterocycles. The van der Waals surface area contributed by atoms with Crippen LogP contribution < -0.4 is 0 Å². The van der Waals surface area contributed by atoms with E-state index in [1.807, 2.05) is 24.3 Å². The predicted molar refractivity (Wildman–Crippen MR) is 96.2 cm³/mol. The molecular weight excluding hydrogens is 352 g/mol. The second-order valence-electron chi connectivity index (χ2n) is 6.60. The number of carbonyl (C=O) groups excluding carboxylic acids is 2. The molecule has 1 unspecified atom stereocenters. The first kappa shape index (κ1) is 16.9. The van der Waals surface area contributed by atoms with E-state index in [2.05, 4.69) is 0 Å². The van der Waals surface area contributed by atoms with Crippen LogP contribution in [0.2, 0.25) is 0 Å². The second kappa shape index (κ2) is 6.03. The first-order chi connectivity index (χ1) is 12.4. The number of carbonyl (C=O) groups is 2. The van der Waals surface area contributed by atoms with Crippen LogP contribution in [0.25, 0.3) is 0 Å². The largest absolute Gasteiger partial charge is 0.272 e. The van der Waals surface area contributed by atoms with Gasteiger partial charge in [-0.25, -0.2) is 8.42 Å². The van der Waals surface area contributed by atoms with Crippen molar-refractivity contribution in [2.45, 2.75) is 12.5 Å². The van der Waals surface area contributed by atoms with Crippen molar-refractivity contribution >= 4 is 21.8 Å². The third-order valence-corrected chi connectivity index (χ3v) is 6.31. The van der Waals surface area contributed by atoms with E-state index in [0.29, 0.717) is 24.1 Å². The molecule has 2 aliphatic rings. The molecule has 0 N–H and O–H groups in total. The lowest BCUT2D eigenvalue weighted by molar-refractivity contribution is 0.0616. The van der Waals surface area contributed by atoms with Crippen molar-refractivity contribution in [3.63, 3.8) is 0 Å². The van der Waals surface area contributed by atoms with Crippen molar-refractivity contribution in [1.82, 2.24) is 9.21 Å². The molecule has 2 aliphatic heterocycles. The maximum atomic E-state index is 12.7. The third-order valence-electron chi connectivity index (χ3n) is 5.02. The molecule has 2 amide bonds. The minimum atomic E-state index is -3.48. The Morgan fingerprint density at radius 1 is 0.962 bits per heavy atom. The van der Waals surface area contributed by atoms with Crippen LogP contribution in [0.3, 0.4) is 0 Å². The van der Waals surface area contributed by atoms with E-state index in [9.17, 15) is 18.0 Å². The summed E-state index contributed by atoms with van der Waals surface area (Å²) in [7, 11) is -3.48. The smallest absolute Gasteiger partial charge is 0.261 e. The Hall–Kier alpha value is -2.51. The van der Waals surface area contributed by atoms with Gasteiger partial charge in [0.15, 0.2) is 0 Å². The molecule has 134 valence electrons. The number of sulfonamides is 1. The van der Waals surface area contributed by atoms with Gasteiger partial charge < -0.3 is 0 Å². The zero-order valence-electron chi connectivity index (χ0n) is 14.3. The van der Waals surface area contributed by atoms with E-state index in [1.54, 1.807) is 24.3 Å². The van der Waals surface area contributed by atoms with Gasteiger partial charge in [0.1, 0.15) is 0 Å². The predicted octanol–water partition coefficient (Wildman–Crippen LogP) is 1.84. The number of imide groups is 1. The zero-order chi connectivity index (χ0) is 18.5. The Morgan fingerprint density at radius 2 is 1.54 bits per heavy atom. The van der Waals surface area contributed by atoms with Crippen LogP contribution in [0, 0.1) is 0 Å². The van der Waals surface area contributed by atoms with E-state index < -0.39 is 16.1 Å². The van der Waals surface area contributed by atoms with Crippen molar-refractivity contribution in [2.75, 3.05) is 19.3 Å². The topological polar surface area (TPSA) is 74.8 Å². The van der Waals surface area contributed by atoms with E-state index in [0.717, 1.165) is 22.3 Å². The monoisotopic (exact) mass is 370 g/mol. The molecule has 6 nitrogen and oxygen atoms in total. The number of hydrogen-bond donors (Lipinski definition) is 0. The summed E-state index contributed by atoms with van der Waals surface area (Å²) in [5, 5.41) is 0. The Balaban J connectivity index is 1.74. The van der Waals surface area contributed by atoms with Gasteiger partial charge in [-0.3, -0.25) is 14.5 Å². The average molecular weight is 370 g/mol. The van der Waals surface area contributed by atoms with Gasteiger partial charge in [-0.2, -0.15) is 4.31 Å². The molecular formula is C19H18N2O4S. The standard InChI is InChI=1S/C19H18N2O4S/c1-26(24,25)21-11-10-13-6-2-3-7-14(13)17(21)12-20-18(22)15-8-4-5-9-16(15)19(20)23/h2-9,17H,10-12H2,1H3. The molecule has 0 bridgehead atoms. The lowest BCUT2D eigenvalue weighted by atomic mass is 9.94. The summed E-state index contributed by atoms with van der Waals surface area (Å²) >= 11 is 0. The van der Waals surface area contributed by atoms with Gasteiger partial charge in [0.2, 0.25) is 10.0 Å². The van der Waals surface area contributed by atoms with Crippen LogP contribution in [-0.4, -0.2) is 48.8 Å². The molecule has 26 heavy (non-hydrogen) atoms. The normalized spacial score (nSPS) is 20.2. The van der Waals surface area contributed by atoms with Crippen molar-refractivity contribution in [3.05, 3.63) is 70.8 Å². The van der Waals surface area contributed by atoms with Crippen LogP contribution in [0.15, 0.2) is 48.5 Å². The maximum absolute atomic E-state index is 12.7. The lowest BCUT2D eigenvalue weighted by Crippen LogP contribution is -2.46. The summed E-state index contributed by atoms with van der Waals surface area (Å²) in [5.74, 6) is -0.746. The van der Waals surface area contributed by atoms with Crippen molar-refractivity contribution in [3.8, 4) is 0 Å². The van der Waals surface area contributed by atoms with Crippen molar-refractivity contribution in [1.29, 1.82) is 0 Å². The van der Waals surface area contributed by atoms with E-state index in [4.69, 9.17) is 0 Å². The highest BCUT2D eigenvalue weighted by Gasteiger charge is 2.41. The maximum Gasteiger partial charge on any atom is 0.261 e. The van der Waals surface area contributed by atoms with Crippen LogP contribution in [-0.2, 0) is 16.4 Å². The molecule has 0 spiro atoms. The highest BCUT2D eigenvalue weighted by molar-refractivity contribution is 7.88. The number of hydrogen-bond acceptors (Lipinski definition) is 4. The number of amides is 2. The summed E-state index contributed by atoms with van der Waals surface area (Å²) in [6.45, 7) is 0.347.